The number of methoxy groups -OCH3 is 2. The highest BCUT2D eigenvalue weighted by molar-refractivity contribution is 9.10. The summed E-state index contributed by atoms with van der Waals surface area (Å²) in [5.74, 6) is 0.442. The van der Waals surface area contributed by atoms with Gasteiger partial charge in [-0.25, -0.2) is 0 Å². The molecule has 1 amide bonds. The lowest BCUT2D eigenvalue weighted by atomic mass is 10.1. The Morgan fingerprint density at radius 1 is 1.22 bits per heavy atom. The van der Waals surface area contributed by atoms with E-state index in [0.29, 0.717) is 27.2 Å². The SMILES string of the molecule is COc1cc(C(=O)Nc2cccc([N+](=O)[O-])c2)cc(Br)c1OC. The van der Waals surface area contributed by atoms with Crippen molar-refractivity contribution in [1.29, 1.82) is 0 Å². The Labute approximate surface area is 140 Å². The number of nitrogens with one attached hydrogen (secondary N) is 1. The van der Waals surface area contributed by atoms with Gasteiger partial charge in [0.05, 0.1) is 23.6 Å². The van der Waals surface area contributed by atoms with Crippen LogP contribution in [0, 0.1) is 10.1 Å². The van der Waals surface area contributed by atoms with Gasteiger partial charge >= 0.3 is 0 Å². The molecular formula is C15H13BrN2O5. The van der Waals surface area contributed by atoms with E-state index in [9.17, 15) is 14.9 Å². The van der Waals surface area contributed by atoms with Crippen molar-refractivity contribution in [1.82, 2.24) is 0 Å². The zero-order chi connectivity index (χ0) is 17.0. The van der Waals surface area contributed by atoms with Crippen molar-refractivity contribution >= 4 is 33.2 Å². The highest BCUT2D eigenvalue weighted by Gasteiger charge is 2.16. The number of amides is 1. The molecule has 0 radical (unpaired) electrons. The van der Waals surface area contributed by atoms with Gasteiger partial charge in [-0.1, -0.05) is 6.07 Å². The van der Waals surface area contributed by atoms with Gasteiger partial charge in [0.2, 0.25) is 0 Å². The first-order valence-electron chi connectivity index (χ1n) is 6.43. The summed E-state index contributed by atoms with van der Waals surface area (Å²) in [6, 6.07) is 8.81. The van der Waals surface area contributed by atoms with Crippen LogP contribution in [-0.2, 0) is 0 Å². The Kier molecular flexibility index (Phi) is 5.17. The fourth-order valence-corrected chi connectivity index (χ4v) is 2.55. The van der Waals surface area contributed by atoms with Crippen molar-refractivity contribution in [2.45, 2.75) is 0 Å². The maximum Gasteiger partial charge on any atom is 0.271 e. The van der Waals surface area contributed by atoms with Crippen LogP contribution < -0.4 is 14.8 Å². The van der Waals surface area contributed by atoms with Gasteiger partial charge in [-0.2, -0.15) is 0 Å². The summed E-state index contributed by atoms with van der Waals surface area (Å²) in [6.45, 7) is 0. The Morgan fingerprint density at radius 3 is 2.57 bits per heavy atom. The lowest BCUT2D eigenvalue weighted by Crippen LogP contribution is -2.12. The molecule has 0 fully saturated rings. The topological polar surface area (TPSA) is 90.7 Å². The molecule has 8 heteroatoms. The minimum atomic E-state index is -0.525. The lowest BCUT2D eigenvalue weighted by molar-refractivity contribution is -0.384. The number of rotatable bonds is 5. The van der Waals surface area contributed by atoms with Crippen LogP contribution >= 0.6 is 15.9 Å². The Hall–Kier alpha value is -2.61. The summed E-state index contributed by atoms with van der Waals surface area (Å²) in [5.41, 5.74) is 0.549. The first kappa shape index (κ1) is 16.8. The first-order valence-corrected chi connectivity index (χ1v) is 7.23. The molecule has 0 aliphatic rings. The van der Waals surface area contributed by atoms with Crippen molar-refractivity contribution < 1.29 is 19.2 Å². The number of benzene rings is 2. The molecule has 0 spiro atoms. The number of nitrogens with zero attached hydrogens (tertiary/aromatic N) is 1. The number of nitro benzene ring substituents is 1. The van der Waals surface area contributed by atoms with Crippen molar-refractivity contribution in [3.05, 3.63) is 56.5 Å². The monoisotopic (exact) mass is 380 g/mol. The second-order valence-corrected chi connectivity index (χ2v) is 5.31. The van der Waals surface area contributed by atoms with Crippen LogP contribution in [0.15, 0.2) is 40.9 Å². The van der Waals surface area contributed by atoms with E-state index >= 15 is 0 Å². The molecule has 2 rings (SSSR count). The maximum atomic E-state index is 12.3. The number of carbonyl (C=O) groups is 1. The molecule has 0 saturated carbocycles. The number of ether oxygens (including phenoxy) is 2. The van der Waals surface area contributed by atoms with E-state index < -0.39 is 10.8 Å². The summed E-state index contributed by atoms with van der Waals surface area (Å²) in [7, 11) is 2.96. The van der Waals surface area contributed by atoms with E-state index in [0.717, 1.165) is 0 Å². The molecule has 0 saturated heterocycles. The predicted octanol–water partition coefficient (Wildman–Crippen LogP) is 3.63. The Bertz CT molecular complexity index is 764. The molecule has 2 aromatic carbocycles. The molecular weight excluding hydrogens is 368 g/mol. The van der Waals surface area contributed by atoms with E-state index in [4.69, 9.17) is 9.47 Å². The molecule has 0 unspecified atom stereocenters. The van der Waals surface area contributed by atoms with E-state index in [2.05, 4.69) is 21.2 Å². The number of hydrogen-bond acceptors (Lipinski definition) is 5. The minimum Gasteiger partial charge on any atom is -0.493 e. The van der Waals surface area contributed by atoms with Gasteiger partial charge in [-0.3, -0.25) is 14.9 Å². The Balaban J connectivity index is 2.29. The van der Waals surface area contributed by atoms with Crippen LogP contribution in [0.2, 0.25) is 0 Å². The third kappa shape index (κ3) is 3.78. The molecule has 0 atom stereocenters. The molecule has 23 heavy (non-hydrogen) atoms. The van der Waals surface area contributed by atoms with E-state index in [1.54, 1.807) is 12.1 Å². The lowest BCUT2D eigenvalue weighted by Gasteiger charge is -2.12. The normalized spacial score (nSPS) is 10.0. The zero-order valence-corrected chi connectivity index (χ0v) is 13.9. The quantitative estimate of drug-likeness (QED) is 0.631. The van der Waals surface area contributed by atoms with Gasteiger partial charge in [-0.15, -0.1) is 0 Å². The molecule has 0 aromatic heterocycles. The number of nitro groups is 1. The number of non-ortho nitro benzene ring substituents is 1. The predicted molar refractivity (Wildman–Crippen MR) is 88.3 cm³/mol. The highest BCUT2D eigenvalue weighted by atomic mass is 79.9. The van der Waals surface area contributed by atoms with Gasteiger partial charge in [0, 0.05) is 23.4 Å². The molecule has 0 aliphatic heterocycles. The van der Waals surface area contributed by atoms with Crippen LogP contribution in [0.1, 0.15) is 10.4 Å². The van der Waals surface area contributed by atoms with Gasteiger partial charge < -0.3 is 14.8 Å². The standard InChI is InChI=1S/C15H13BrN2O5/c1-22-13-7-9(6-12(16)14(13)23-2)15(19)17-10-4-3-5-11(8-10)18(20)21/h3-8H,1-2H3,(H,17,19). The van der Waals surface area contributed by atoms with Gasteiger partial charge in [0.25, 0.3) is 11.6 Å². The van der Waals surface area contributed by atoms with Crippen molar-refractivity contribution in [3.63, 3.8) is 0 Å². The largest absolute Gasteiger partial charge is 0.493 e. The molecule has 2 aromatic rings. The summed E-state index contributed by atoms with van der Waals surface area (Å²) in [4.78, 5) is 22.6. The van der Waals surface area contributed by atoms with Crippen LogP contribution in [0.4, 0.5) is 11.4 Å². The fraction of sp³-hybridized carbons (Fsp3) is 0.133. The number of carbonyl (C=O) groups excluding carboxylic acids is 1. The highest BCUT2D eigenvalue weighted by Crippen LogP contribution is 2.36. The minimum absolute atomic E-state index is 0.101. The number of halogens is 1. The third-order valence-electron chi connectivity index (χ3n) is 3.01. The average molecular weight is 381 g/mol. The molecule has 120 valence electrons. The maximum absolute atomic E-state index is 12.3. The average Bonchev–Trinajstić information content (AvgIpc) is 2.54. The molecule has 7 nitrogen and oxygen atoms in total. The fourth-order valence-electron chi connectivity index (χ4n) is 1.95. The second kappa shape index (κ2) is 7.10. The summed E-state index contributed by atoms with van der Waals surface area (Å²) in [5, 5.41) is 13.4. The van der Waals surface area contributed by atoms with Crippen molar-refractivity contribution in [2.24, 2.45) is 0 Å². The molecule has 0 aliphatic carbocycles. The number of anilines is 1. The van der Waals surface area contributed by atoms with E-state index in [1.807, 2.05) is 0 Å². The van der Waals surface area contributed by atoms with Gasteiger partial charge in [0.1, 0.15) is 0 Å². The van der Waals surface area contributed by atoms with E-state index in [1.165, 1.54) is 38.5 Å². The smallest absolute Gasteiger partial charge is 0.271 e. The molecule has 0 bridgehead atoms. The van der Waals surface area contributed by atoms with Crippen LogP contribution in [0.25, 0.3) is 0 Å². The molecule has 0 heterocycles. The van der Waals surface area contributed by atoms with Crippen LogP contribution in [0.5, 0.6) is 11.5 Å². The van der Waals surface area contributed by atoms with Crippen molar-refractivity contribution in [2.75, 3.05) is 19.5 Å². The van der Waals surface area contributed by atoms with Crippen LogP contribution in [-0.4, -0.2) is 25.1 Å². The Morgan fingerprint density at radius 2 is 1.96 bits per heavy atom. The number of hydrogen-bond donors (Lipinski definition) is 1. The summed E-state index contributed by atoms with van der Waals surface area (Å²) >= 11 is 3.31. The zero-order valence-electron chi connectivity index (χ0n) is 12.3. The first-order chi connectivity index (χ1) is 11.0. The summed E-state index contributed by atoms with van der Waals surface area (Å²) < 4.78 is 10.9. The van der Waals surface area contributed by atoms with Gasteiger partial charge in [-0.05, 0) is 34.1 Å². The summed E-state index contributed by atoms with van der Waals surface area (Å²) in [6.07, 6.45) is 0. The second-order valence-electron chi connectivity index (χ2n) is 4.46. The van der Waals surface area contributed by atoms with E-state index in [-0.39, 0.29) is 5.69 Å². The van der Waals surface area contributed by atoms with Gasteiger partial charge in [0.15, 0.2) is 11.5 Å². The molecule has 1 N–H and O–H groups in total. The van der Waals surface area contributed by atoms with Crippen molar-refractivity contribution in [3.8, 4) is 11.5 Å². The van der Waals surface area contributed by atoms with Crippen LogP contribution in [0.3, 0.4) is 0 Å². The third-order valence-corrected chi connectivity index (χ3v) is 3.60.